The molecule has 0 aromatic carbocycles. The number of carbonyl (C=O) groups excluding carboxylic acids is 1. The fourth-order valence-corrected chi connectivity index (χ4v) is 2.34. The van der Waals surface area contributed by atoms with E-state index < -0.39 is 0 Å². The number of amides is 1. The zero-order valence-electron chi connectivity index (χ0n) is 10.1. The molecule has 1 aromatic rings. The van der Waals surface area contributed by atoms with Crippen LogP contribution in [0.4, 0.5) is 0 Å². The number of hydrogen-bond acceptors (Lipinski definition) is 2. The molecule has 1 aliphatic heterocycles. The first kappa shape index (κ1) is 11.6. The predicted octanol–water partition coefficient (Wildman–Crippen LogP) is 1.18. The van der Waals surface area contributed by atoms with Gasteiger partial charge in [-0.05, 0) is 11.6 Å². The fourth-order valence-electron chi connectivity index (χ4n) is 2.34. The maximum Gasteiger partial charge on any atom is 0.248 e. The molecule has 2 heterocycles. The van der Waals surface area contributed by atoms with E-state index in [0.29, 0.717) is 13.1 Å². The van der Waals surface area contributed by atoms with Crippen LogP contribution in [-0.2, 0) is 16.8 Å². The van der Waals surface area contributed by atoms with Gasteiger partial charge >= 0.3 is 0 Å². The van der Waals surface area contributed by atoms with Crippen molar-refractivity contribution in [3.8, 4) is 0 Å². The summed E-state index contributed by atoms with van der Waals surface area (Å²) in [5.41, 5.74) is 1.58. The molecule has 2 rings (SSSR count). The smallest absolute Gasteiger partial charge is 0.248 e. The van der Waals surface area contributed by atoms with Crippen molar-refractivity contribution in [1.29, 1.82) is 0 Å². The number of pyridine rings is 1. The largest absolute Gasteiger partial charge is 0.334 e. The maximum absolute atomic E-state index is 11.7. The lowest BCUT2D eigenvalue weighted by atomic mass is 9.82. The summed E-state index contributed by atoms with van der Waals surface area (Å²) in [6.07, 6.45) is 1.33. The van der Waals surface area contributed by atoms with Crippen LogP contribution in [0.5, 0.6) is 0 Å². The number of aromatic nitrogens is 1. The standard InChI is InChI=1S/C13H16N2O2/c1-4-11(17)15-7-9-5-6-10(16)14-12(9)13(2,3)8-15/h4-6H,1,7-8H2,2-3H3,(H,14,16). The Morgan fingerprint density at radius 2 is 2.24 bits per heavy atom. The van der Waals surface area contributed by atoms with Crippen LogP contribution >= 0.6 is 0 Å². The predicted molar refractivity (Wildman–Crippen MR) is 65.7 cm³/mol. The van der Waals surface area contributed by atoms with E-state index in [2.05, 4.69) is 11.6 Å². The number of nitrogens with one attached hydrogen (secondary N) is 1. The Kier molecular flexibility index (Phi) is 2.65. The van der Waals surface area contributed by atoms with Crippen molar-refractivity contribution in [1.82, 2.24) is 9.88 Å². The van der Waals surface area contributed by atoms with E-state index in [4.69, 9.17) is 0 Å². The second-order valence-corrected chi connectivity index (χ2v) is 5.01. The lowest BCUT2D eigenvalue weighted by molar-refractivity contribution is -0.127. The first-order chi connectivity index (χ1) is 7.94. The van der Waals surface area contributed by atoms with Gasteiger partial charge in [0.2, 0.25) is 11.5 Å². The molecule has 0 radical (unpaired) electrons. The van der Waals surface area contributed by atoms with Crippen molar-refractivity contribution in [3.05, 3.63) is 46.4 Å². The molecule has 0 fully saturated rings. The molecule has 4 heteroatoms. The van der Waals surface area contributed by atoms with Crippen molar-refractivity contribution >= 4 is 5.91 Å². The summed E-state index contributed by atoms with van der Waals surface area (Å²) in [6, 6.07) is 3.29. The van der Waals surface area contributed by atoms with Crippen LogP contribution < -0.4 is 5.56 Å². The molecule has 0 saturated heterocycles. The maximum atomic E-state index is 11.7. The van der Waals surface area contributed by atoms with Gasteiger partial charge in [0.1, 0.15) is 0 Å². The minimum absolute atomic E-state index is 0.0741. The molecule has 0 unspecified atom stereocenters. The van der Waals surface area contributed by atoms with Gasteiger partial charge in [0.05, 0.1) is 0 Å². The summed E-state index contributed by atoms with van der Waals surface area (Å²) in [4.78, 5) is 27.6. The molecular formula is C13H16N2O2. The fraction of sp³-hybridized carbons (Fsp3) is 0.385. The van der Waals surface area contributed by atoms with Gasteiger partial charge in [-0.25, -0.2) is 0 Å². The first-order valence-electron chi connectivity index (χ1n) is 5.58. The van der Waals surface area contributed by atoms with Gasteiger partial charge in [-0.2, -0.15) is 0 Å². The number of fused-ring (bicyclic) bond motifs is 1. The summed E-state index contributed by atoms with van der Waals surface area (Å²) in [5.74, 6) is -0.0741. The van der Waals surface area contributed by atoms with Crippen molar-refractivity contribution in [2.45, 2.75) is 25.8 Å². The topological polar surface area (TPSA) is 53.2 Å². The Morgan fingerprint density at radius 3 is 2.88 bits per heavy atom. The number of nitrogens with zero attached hydrogens (tertiary/aromatic N) is 1. The lowest BCUT2D eigenvalue weighted by Crippen LogP contribution is -2.45. The molecule has 1 N–H and O–H groups in total. The molecule has 0 saturated carbocycles. The summed E-state index contributed by atoms with van der Waals surface area (Å²) < 4.78 is 0. The SMILES string of the molecule is C=CC(=O)N1Cc2ccc(=O)[nH]c2C(C)(C)C1. The molecular weight excluding hydrogens is 216 g/mol. The minimum atomic E-state index is -0.243. The summed E-state index contributed by atoms with van der Waals surface area (Å²) in [7, 11) is 0. The molecule has 4 nitrogen and oxygen atoms in total. The number of carbonyl (C=O) groups is 1. The zero-order chi connectivity index (χ0) is 12.6. The monoisotopic (exact) mass is 232 g/mol. The Bertz CT molecular complexity index is 528. The van der Waals surface area contributed by atoms with Crippen LogP contribution in [0.3, 0.4) is 0 Å². The molecule has 90 valence electrons. The van der Waals surface area contributed by atoms with Gasteiger partial charge in [-0.1, -0.05) is 26.5 Å². The van der Waals surface area contributed by atoms with Crippen LogP contribution in [0.2, 0.25) is 0 Å². The summed E-state index contributed by atoms with van der Waals surface area (Å²) in [5, 5.41) is 0. The van der Waals surface area contributed by atoms with Crippen molar-refractivity contribution < 1.29 is 4.79 Å². The van der Waals surface area contributed by atoms with E-state index >= 15 is 0 Å². The van der Waals surface area contributed by atoms with Crippen LogP contribution in [0.1, 0.15) is 25.1 Å². The molecule has 1 aliphatic rings. The minimum Gasteiger partial charge on any atom is -0.334 e. The highest BCUT2D eigenvalue weighted by Gasteiger charge is 2.33. The quantitative estimate of drug-likeness (QED) is 0.739. The third-order valence-corrected chi connectivity index (χ3v) is 3.12. The summed E-state index contributed by atoms with van der Waals surface area (Å²) >= 11 is 0. The summed E-state index contributed by atoms with van der Waals surface area (Å²) in [6.45, 7) is 8.66. The molecule has 0 atom stereocenters. The first-order valence-corrected chi connectivity index (χ1v) is 5.58. The third kappa shape index (κ3) is 2.02. The molecule has 1 amide bonds. The average molecular weight is 232 g/mol. The van der Waals surface area contributed by atoms with Gasteiger partial charge in [-0.3, -0.25) is 9.59 Å². The van der Waals surface area contributed by atoms with E-state index in [-0.39, 0.29) is 16.9 Å². The van der Waals surface area contributed by atoms with Crippen LogP contribution in [0.25, 0.3) is 0 Å². The highest BCUT2D eigenvalue weighted by Crippen LogP contribution is 2.30. The van der Waals surface area contributed by atoms with Crippen LogP contribution in [0, 0.1) is 0 Å². The molecule has 17 heavy (non-hydrogen) atoms. The second kappa shape index (κ2) is 3.87. The normalized spacial score (nSPS) is 17.4. The van der Waals surface area contributed by atoms with Crippen molar-refractivity contribution in [2.75, 3.05) is 6.54 Å². The van der Waals surface area contributed by atoms with Gasteiger partial charge < -0.3 is 9.88 Å². The average Bonchev–Trinajstić information content (AvgIpc) is 2.28. The molecule has 0 spiro atoms. The van der Waals surface area contributed by atoms with E-state index in [1.54, 1.807) is 11.0 Å². The highest BCUT2D eigenvalue weighted by molar-refractivity contribution is 5.87. The number of hydrogen-bond donors (Lipinski definition) is 1. The van der Waals surface area contributed by atoms with E-state index in [1.165, 1.54) is 12.1 Å². The van der Waals surface area contributed by atoms with Crippen molar-refractivity contribution in [3.63, 3.8) is 0 Å². The highest BCUT2D eigenvalue weighted by atomic mass is 16.2. The zero-order valence-corrected chi connectivity index (χ0v) is 10.1. The molecule has 0 bridgehead atoms. The van der Waals surface area contributed by atoms with E-state index in [1.807, 2.05) is 13.8 Å². The Labute approximate surface area is 100.0 Å². The number of aromatic amines is 1. The molecule has 0 aliphatic carbocycles. The van der Waals surface area contributed by atoms with Crippen LogP contribution in [0.15, 0.2) is 29.6 Å². The van der Waals surface area contributed by atoms with E-state index in [9.17, 15) is 9.59 Å². The van der Waals surface area contributed by atoms with E-state index in [0.717, 1.165) is 11.3 Å². The Hall–Kier alpha value is -1.84. The Morgan fingerprint density at radius 1 is 1.53 bits per heavy atom. The third-order valence-electron chi connectivity index (χ3n) is 3.12. The number of rotatable bonds is 1. The van der Waals surface area contributed by atoms with Gasteiger partial charge in [0, 0.05) is 30.3 Å². The van der Waals surface area contributed by atoms with Gasteiger partial charge in [0.15, 0.2) is 0 Å². The van der Waals surface area contributed by atoms with Crippen molar-refractivity contribution in [2.24, 2.45) is 0 Å². The number of H-pyrrole nitrogens is 1. The van der Waals surface area contributed by atoms with Gasteiger partial charge in [-0.15, -0.1) is 0 Å². The second-order valence-electron chi connectivity index (χ2n) is 5.01. The Balaban J connectivity index is 2.47. The lowest BCUT2D eigenvalue weighted by Gasteiger charge is -2.38. The van der Waals surface area contributed by atoms with Crippen LogP contribution in [-0.4, -0.2) is 22.3 Å². The molecule has 1 aromatic heterocycles. The van der Waals surface area contributed by atoms with Gasteiger partial charge in [0.25, 0.3) is 0 Å².